The van der Waals surface area contributed by atoms with Crippen molar-refractivity contribution in [2.45, 2.75) is 6.42 Å². The number of hydrogen-bond acceptors (Lipinski definition) is 5. The smallest absolute Gasteiger partial charge is 0.274 e. The first-order valence-corrected chi connectivity index (χ1v) is 7.55. The molecule has 7 nitrogen and oxygen atoms in total. The van der Waals surface area contributed by atoms with E-state index in [1.165, 1.54) is 0 Å². The summed E-state index contributed by atoms with van der Waals surface area (Å²) in [6, 6.07) is 3.92. The maximum atomic E-state index is 12.5. The molecule has 0 atom stereocenters. The van der Waals surface area contributed by atoms with Crippen LogP contribution in [0.1, 0.15) is 22.5 Å². The number of rotatable bonds is 2. The van der Waals surface area contributed by atoms with Crippen molar-refractivity contribution in [3.8, 4) is 6.07 Å². The van der Waals surface area contributed by atoms with Gasteiger partial charge in [-0.15, -0.1) is 0 Å². The number of nitriles is 1. The number of carbonyl (C=O) groups is 1. The monoisotopic (exact) mass is 310 g/mol. The molecule has 3 rings (SSSR count). The van der Waals surface area contributed by atoms with Crippen LogP contribution in [0, 0.1) is 11.3 Å². The highest BCUT2D eigenvalue weighted by molar-refractivity contribution is 5.92. The second-order valence-corrected chi connectivity index (χ2v) is 5.56. The van der Waals surface area contributed by atoms with Crippen LogP contribution in [-0.2, 0) is 7.05 Å². The molecular weight excluding hydrogens is 292 g/mol. The molecule has 0 aromatic carbocycles. The molecular formula is C16H18N6O. The van der Waals surface area contributed by atoms with E-state index < -0.39 is 0 Å². The van der Waals surface area contributed by atoms with Crippen LogP contribution in [0.2, 0.25) is 0 Å². The van der Waals surface area contributed by atoms with Crippen LogP contribution in [0.4, 0.5) is 5.69 Å². The lowest BCUT2D eigenvalue weighted by atomic mass is 10.2. The number of nitrogens with zero attached hydrogens (tertiary/aromatic N) is 6. The van der Waals surface area contributed by atoms with Crippen LogP contribution < -0.4 is 4.90 Å². The van der Waals surface area contributed by atoms with Crippen molar-refractivity contribution in [3.05, 3.63) is 42.2 Å². The van der Waals surface area contributed by atoms with Gasteiger partial charge in [0.05, 0.1) is 23.8 Å². The minimum atomic E-state index is -0.0425. The van der Waals surface area contributed by atoms with Crippen LogP contribution >= 0.6 is 0 Å². The SMILES string of the molecule is Cn1cnc(C(=O)N2CCCN(c3cnccc3C#N)CC2)c1. The molecule has 1 aliphatic rings. The Balaban J connectivity index is 1.72. The predicted molar refractivity (Wildman–Crippen MR) is 84.9 cm³/mol. The third kappa shape index (κ3) is 3.16. The number of hydrogen-bond donors (Lipinski definition) is 0. The third-order valence-corrected chi connectivity index (χ3v) is 3.97. The molecule has 0 aliphatic carbocycles. The fourth-order valence-corrected chi connectivity index (χ4v) is 2.78. The minimum absolute atomic E-state index is 0.0425. The van der Waals surface area contributed by atoms with Gasteiger partial charge in [-0.05, 0) is 12.5 Å². The van der Waals surface area contributed by atoms with Crippen molar-refractivity contribution >= 4 is 11.6 Å². The van der Waals surface area contributed by atoms with E-state index in [-0.39, 0.29) is 5.91 Å². The Morgan fingerprint density at radius 2 is 2.17 bits per heavy atom. The van der Waals surface area contributed by atoms with Crippen molar-refractivity contribution < 1.29 is 4.79 Å². The van der Waals surface area contributed by atoms with E-state index >= 15 is 0 Å². The van der Waals surface area contributed by atoms with Gasteiger partial charge in [0.1, 0.15) is 11.8 Å². The van der Waals surface area contributed by atoms with E-state index in [2.05, 4.69) is 20.9 Å². The van der Waals surface area contributed by atoms with Gasteiger partial charge in [-0.3, -0.25) is 9.78 Å². The maximum Gasteiger partial charge on any atom is 0.274 e. The first-order chi connectivity index (χ1) is 11.2. The van der Waals surface area contributed by atoms with E-state index in [0.29, 0.717) is 30.9 Å². The lowest BCUT2D eigenvalue weighted by molar-refractivity contribution is 0.0761. The topological polar surface area (TPSA) is 78.1 Å². The second-order valence-electron chi connectivity index (χ2n) is 5.56. The summed E-state index contributed by atoms with van der Waals surface area (Å²) in [7, 11) is 1.85. The third-order valence-electron chi connectivity index (χ3n) is 3.97. The first-order valence-electron chi connectivity index (χ1n) is 7.55. The number of carbonyl (C=O) groups excluding carboxylic acids is 1. The van der Waals surface area contributed by atoms with E-state index in [0.717, 1.165) is 18.7 Å². The van der Waals surface area contributed by atoms with Crippen LogP contribution in [0.3, 0.4) is 0 Å². The van der Waals surface area contributed by atoms with Crippen molar-refractivity contribution in [1.82, 2.24) is 19.4 Å². The number of imidazole rings is 1. The fraction of sp³-hybridized carbons (Fsp3) is 0.375. The van der Waals surface area contributed by atoms with Gasteiger partial charge in [-0.25, -0.2) is 4.98 Å². The normalized spacial score (nSPS) is 15.1. The van der Waals surface area contributed by atoms with Gasteiger partial charge in [0, 0.05) is 45.6 Å². The molecule has 0 radical (unpaired) electrons. The van der Waals surface area contributed by atoms with Gasteiger partial charge in [0.15, 0.2) is 0 Å². The molecule has 2 aromatic heterocycles. The summed E-state index contributed by atoms with van der Waals surface area (Å²) in [6.45, 7) is 2.77. The summed E-state index contributed by atoms with van der Waals surface area (Å²) in [5.74, 6) is -0.0425. The standard InChI is InChI=1S/C16H18N6O/c1-20-11-14(19-12-20)16(23)22-6-2-5-21(7-8-22)15-10-18-4-3-13(15)9-17/h3-4,10-12H,2,5-8H2,1H3. The molecule has 23 heavy (non-hydrogen) atoms. The molecule has 7 heteroatoms. The van der Waals surface area contributed by atoms with E-state index in [1.54, 1.807) is 35.6 Å². The van der Waals surface area contributed by atoms with Crippen LogP contribution in [0.5, 0.6) is 0 Å². The Labute approximate surface area is 134 Å². The average Bonchev–Trinajstić information content (AvgIpc) is 2.87. The zero-order valence-corrected chi connectivity index (χ0v) is 13.0. The number of anilines is 1. The Morgan fingerprint density at radius 1 is 1.30 bits per heavy atom. The minimum Gasteiger partial charge on any atom is -0.367 e. The molecule has 1 fully saturated rings. The van der Waals surface area contributed by atoms with Crippen molar-refractivity contribution in [3.63, 3.8) is 0 Å². The quantitative estimate of drug-likeness (QED) is 0.828. The summed E-state index contributed by atoms with van der Waals surface area (Å²) in [4.78, 5) is 24.7. The lowest BCUT2D eigenvalue weighted by Crippen LogP contribution is -2.35. The Bertz CT molecular complexity index is 747. The molecule has 0 bridgehead atoms. The zero-order chi connectivity index (χ0) is 16.2. The van der Waals surface area contributed by atoms with E-state index in [1.807, 2.05) is 11.9 Å². The number of aryl methyl sites for hydroxylation is 1. The highest BCUT2D eigenvalue weighted by Gasteiger charge is 2.22. The molecule has 0 unspecified atom stereocenters. The van der Waals surface area contributed by atoms with E-state index in [9.17, 15) is 10.1 Å². The second kappa shape index (κ2) is 6.48. The summed E-state index contributed by atoms with van der Waals surface area (Å²) >= 11 is 0. The summed E-state index contributed by atoms with van der Waals surface area (Å²) in [5.41, 5.74) is 1.92. The Hall–Kier alpha value is -2.88. The van der Waals surface area contributed by atoms with Gasteiger partial charge in [0.2, 0.25) is 0 Å². The van der Waals surface area contributed by atoms with Gasteiger partial charge < -0.3 is 14.4 Å². The van der Waals surface area contributed by atoms with Crippen LogP contribution in [0.25, 0.3) is 0 Å². The summed E-state index contributed by atoms with van der Waals surface area (Å²) in [6.07, 6.45) is 7.55. The summed E-state index contributed by atoms with van der Waals surface area (Å²) < 4.78 is 1.77. The first kappa shape index (κ1) is 15.0. The van der Waals surface area contributed by atoms with Gasteiger partial charge in [-0.1, -0.05) is 0 Å². The average molecular weight is 310 g/mol. The van der Waals surface area contributed by atoms with Crippen molar-refractivity contribution in [2.75, 3.05) is 31.1 Å². The van der Waals surface area contributed by atoms with Gasteiger partial charge in [-0.2, -0.15) is 5.26 Å². The largest absolute Gasteiger partial charge is 0.367 e. The highest BCUT2D eigenvalue weighted by atomic mass is 16.2. The van der Waals surface area contributed by atoms with Crippen LogP contribution in [0.15, 0.2) is 31.0 Å². The number of aromatic nitrogens is 3. The molecule has 0 saturated carbocycles. The van der Waals surface area contributed by atoms with Crippen molar-refractivity contribution in [2.24, 2.45) is 7.05 Å². The van der Waals surface area contributed by atoms with Gasteiger partial charge >= 0.3 is 0 Å². The highest BCUT2D eigenvalue weighted by Crippen LogP contribution is 2.20. The van der Waals surface area contributed by atoms with Crippen LogP contribution in [-0.4, -0.2) is 51.5 Å². The fourth-order valence-electron chi connectivity index (χ4n) is 2.78. The van der Waals surface area contributed by atoms with Gasteiger partial charge in [0.25, 0.3) is 5.91 Å². The molecule has 118 valence electrons. The number of pyridine rings is 1. The molecule has 0 N–H and O–H groups in total. The zero-order valence-electron chi connectivity index (χ0n) is 13.0. The predicted octanol–water partition coefficient (Wildman–Crippen LogP) is 1.04. The molecule has 1 aliphatic heterocycles. The molecule has 2 aromatic rings. The Morgan fingerprint density at radius 3 is 2.91 bits per heavy atom. The molecule has 1 amide bonds. The lowest BCUT2D eigenvalue weighted by Gasteiger charge is -2.23. The maximum absolute atomic E-state index is 12.5. The summed E-state index contributed by atoms with van der Waals surface area (Å²) in [5, 5.41) is 9.23. The van der Waals surface area contributed by atoms with Crippen molar-refractivity contribution in [1.29, 1.82) is 5.26 Å². The molecule has 1 saturated heterocycles. The molecule has 0 spiro atoms. The Kier molecular flexibility index (Phi) is 4.24. The molecule has 3 heterocycles. The van der Waals surface area contributed by atoms with E-state index in [4.69, 9.17) is 0 Å². The number of amides is 1.